The van der Waals surface area contributed by atoms with Gasteiger partial charge in [-0.3, -0.25) is 28.9 Å². The van der Waals surface area contributed by atoms with Gasteiger partial charge in [-0.05, 0) is 79.8 Å². The summed E-state index contributed by atoms with van der Waals surface area (Å²) in [5, 5.41) is 11.5. The van der Waals surface area contributed by atoms with Gasteiger partial charge in [-0.25, -0.2) is 0 Å². The molecule has 3 rings (SSSR count). The number of likely N-dealkylation sites (N-methyl/N-ethyl adjacent to an activating group) is 1. The highest BCUT2D eigenvalue weighted by molar-refractivity contribution is 5.95. The molecule has 0 radical (unpaired) electrons. The van der Waals surface area contributed by atoms with Crippen molar-refractivity contribution in [1.29, 1.82) is 0 Å². The second-order valence-electron chi connectivity index (χ2n) is 14.7. The largest absolute Gasteiger partial charge is 0.355 e. The molecular weight excluding hydrogens is 640 g/mol. The highest BCUT2D eigenvalue weighted by atomic mass is 16.2. The maximum absolute atomic E-state index is 14.1. The van der Waals surface area contributed by atoms with Crippen LogP contribution in [-0.4, -0.2) is 106 Å². The summed E-state index contributed by atoms with van der Waals surface area (Å²) < 4.78 is 0. The third-order valence-electron chi connectivity index (χ3n) is 9.13. The minimum Gasteiger partial charge on any atom is -0.355 e. The lowest BCUT2D eigenvalue weighted by molar-refractivity contribution is -0.137. The molecular formula is C37H56N6O7. The number of ketones is 2. The van der Waals surface area contributed by atoms with Gasteiger partial charge in [-0.2, -0.15) is 0 Å². The number of hydrogen-bond donors (Lipinski definition) is 4. The van der Waals surface area contributed by atoms with E-state index in [-0.39, 0.29) is 48.2 Å². The minimum absolute atomic E-state index is 0.115. The van der Waals surface area contributed by atoms with Gasteiger partial charge in [0.2, 0.25) is 29.5 Å². The lowest BCUT2D eigenvalue weighted by Gasteiger charge is -2.34. The van der Waals surface area contributed by atoms with Crippen molar-refractivity contribution in [2.24, 2.45) is 5.92 Å². The van der Waals surface area contributed by atoms with E-state index in [2.05, 4.69) is 21.3 Å². The number of hydrogen-bond acceptors (Lipinski definition) is 8. The van der Waals surface area contributed by atoms with Crippen molar-refractivity contribution < 1.29 is 33.6 Å². The van der Waals surface area contributed by atoms with E-state index in [0.717, 1.165) is 5.56 Å². The molecule has 13 nitrogen and oxygen atoms in total. The number of rotatable bonds is 17. The molecule has 2 saturated heterocycles. The van der Waals surface area contributed by atoms with E-state index in [9.17, 15) is 33.6 Å². The maximum atomic E-state index is 14.1. The van der Waals surface area contributed by atoms with Gasteiger partial charge >= 0.3 is 0 Å². The van der Waals surface area contributed by atoms with Crippen LogP contribution in [0.2, 0.25) is 0 Å². The van der Waals surface area contributed by atoms with Crippen molar-refractivity contribution in [3.05, 3.63) is 35.9 Å². The highest BCUT2D eigenvalue weighted by Crippen LogP contribution is 2.39. The van der Waals surface area contributed by atoms with Crippen LogP contribution in [0.5, 0.6) is 0 Å². The lowest BCUT2D eigenvalue weighted by Crippen LogP contribution is -2.60. The zero-order chi connectivity index (χ0) is 37.3. The van der Waals surface area contributed by atoms with Gasteiger partial charge in [-0.1, -0.05) is 37.3 Å². The van der Waals surface area contributed by atoms with E-state index in [0.29, 0.717) is 38.8 Å². The van der Waals surface area contributed by atoms with E-state index in [1.807, 2.05) is 69.9 Å². The van der Waals surface area contributed by atoms with Crippen molar-refractivity contribution in [3.8, 4) is 0 Å². The SMILES string of the molecule is CCNC(=O)[C@H](Cc1ccccc1)NC(=O)[C@@H]1CCCN1[C@@H](C(=O)NC(C)(C)C)[C@@H]1[C@@H](CC)N1C(=O)[C@H](C)NC(=O)C(CC(C)=O)CC(C)=O. The Kier molecular flexibility index (Phi) is 14.3. The molecule has 0 aliphatic carbocycles. The number of Topliss-reactive ketones (excluding diaryl/α,β-unsaturated/α-hetero) is 2. The van der Waals surface area contributed by atoms with Gasteiger partial charge in [0.15, 0.2) is 0 Å². The molecule has 0 aromatic heterocycles. The fourth-order valence-corrected chi connectivity index (χ4v) is 6.95. The minimum atomic E-state index is -0.984. The molecule has 4 N–H and O–H groups in total. The third kappa shape index (κ3) is 10.9. The number of benzene rings is 1. The molecule has 2 aliphatic rings. The van der Waals surface area contributed by atoms with E-state index < -0.39 is 53.5 Å². The molecule has 276 valence electrons. The summed E-state index contributed by atoms with van der Waals surface area (Å²) in [6.45, 7) is 14.4. The van der Waals surface area contributed by atoms with Gasteiger partial charge in [0.1, 0.15) is 29.7 Å². The van der Waals surface area contributed by atoms with Gasteiger partial charge in [-0.15, -0.1) is 0 Å². The molecule has 0 spiro atoms. The zero-order valence-electron chi connectivity index (χ0n) is 30.8. The standard InChI is InChI=1S/C37H56N6O7/c1-9-28-30(43(28)36(50)24(5)39-32(46)26(19-22(3)44)20-23(4)45)31(35(49)41-37(6,7)8)42-18-14-17-29(42)34(48)40-27(33(47)38-10-2)21-25-15-12-11-13-16-25/h11-13,15-16,24,26-31H,9-10,14,17-21H2,1-8H3,(H,38,47)(H,39,46)(H,40,48)(H,41,49)/t24-,27-,28+,29-,30-,31+,43?/m0/s1. The Balaban J connectivity index is 1.87. The summed E-state index contributed by atoms with van der Waals surface area (Å²) in [6.07, 6.45) is 1.71. The first kappa shape index (κ1) is 40.3. The summed E-state index contributed by atoms with van der Waals surface area (Å²) in [6, 6.07) is 5.13. The van der Waals surface area contributed by atoms with Crippen LogP contribution in [0.1, 0.15) is 93.1 Å². The summed E-state index contributed by atoms with van der Waals surface area (Å²) >= 11 is 0. The first-order valence-electron chi connectivity index (χ1n) is 17.8. The number of carbonyl (C=O) groups is 7. The quantitative estimate of drug-likeness (QED) is 0.178. The van der Waals surface area contributed by atoms with Crippen molar-refractivity contribution >= 4 is 41.1 Å². The summed E-state index contributed by atoms with van der Waals surface area (Å²) in [5.74, 6) is -3.30. The molecule has 1 aromatic carbocycles. The fourth-order valence-electron chi connectivity index (χ4n) is 6.95. The monoisotopic (exact) mass is 696 g/mol. The Labute approximate surface area is 296 Å². The second kappa shape index (κ2) is 17.7. The predicted molar refractivity (Wildman–Crippen MR) is 189 cm³/mol. The Morgan fingerprint density at radius 3 is 2.04 bits per heavy atom. The average Bonchev–Trinajstić information content (AvgIpc) is 3.52. The van der Waals surface area contributed by atoms with Crippen LogP contribution < -0.4 is 21.3 Å². The van der Waals surface area contributed by atoms with Crippen LogP contribution in [0, 0.1) is 5.92 Å². The Hall–Kier alpha value is -4.13. The Bertz CT molecular complexity index is 1390. The smallest absolute Gasteiger partial charge is 0.245 e. The number of likely N-dealkylation sites (tertiary alicyclic amines) is 1. The lowest BCUT2D eigenvalue weighted by atomic mass is 9.96. The zero-order valence-corrected chi connectivity index (χ0v) is 30.8. The summed E-state index contributed by atoms with van der Waals surface area (Å²) in [4.78, 5) is 95.2. The first-order chi connectivity index (χ1) is 23.5. The van der Waals surface area contributed by atoms with Crippen LogP contribution in [0.15, 0.2) is 30.3 Å². The van der Waals surface area contributed by atoms with Gasteiger partial charge in [0, 0.05) is 31.3 Å². The summed E-state index contributed by atoms with van der Waals surface area (Å²) in [5.41, 5.74) is 0.295. The van der Waals surface area contributed by atoms with Crippen molar-refractivity contribution in [2.75, 3.05) is 13.1 Å². The van der Waals surface area contributed by atoms with Gasteiger partial charge < -0.3 is 35.8 Å². The molecule has 2 heterocycles. The van der Waals surface area contributed by atoms with Crippen LogP contribution in [0.4, 0.5) is 0 Å². The molecule has 6 atom stereocenters. The van der Waals surface area contributed by atoms with Crippen LogP contribution >= 0.6 is 0 Å². The average molecular weight is 697 g/mol. The van der Waals surface area contributed by atoms with E-state index in [4.69, 9.17) is 0 Å². The van der Waals surface area contributed by atoms with Crippen molar-refractivity contribution in [3.63, 3.8) is 0 Å². The van der Waals surface area contributed by atoms with Crippen molar-refractivity contribution in [1.82, 2.24) is 31.1 Å². The number of nitrogens with one attached hydrogen (secondary N) is 4. The second-order valence-corrected chi connectivity index (χ2v) is 14.7. The van der Waals surface area contributed by atoms with Crippen LogP contribution in [0.3, 0.4) is 0 Å². The molecule has 2 aliphatic heterocycles. The topological polar surface area (TPSA) is 174 Å². The summed E-state index contributed by atoms with van der Waals surface area (Å²) in [7, 11) is 0. The first-order valence-corrected chi connectivity index (χ1v) is 17.8. The van der Waals surface area contributed by atoms with Gasteiger partial charge in [0.05, 0.1) is 24.0 Å². The third-order valence-corrected chi connectivity index (χ3v) is 9.13. The van der Waals surface area contributed by atoms with E-state index in [1.165, 1.54) is 13.8 Å². The number of amides is 5. The molecule has 2 fully saturated rings. The molecule has 1 aromatic rings. The molecule has 0 bridgehead atoms. The molecule has 0 saturated carbocycles. The molecule has 13 heteroatoms. The van der Waals surface area contributed by atoms with Crippen LogP contribution in [-0.2, 0) is 40.0 Å². The van der Waals surface area contributed by atoms with Crippen LogP contribution in [0.25, 0.3) is 0 Å². The normalized spacial score (nSPS) is 20.7. The molecule has 5 amide bonds. The van der Waals surface area contributed by atoms with E-state index in [1.54, 1.807) is 11.8 Å². The fraction of sp³-hybridized carbons (Fsp3) is 0.649. The van der Waals surface area contributed by atoms with E-state index >= 15 is 0 Å². The van der Waals surface area contributed by atoms with Gasteiger partial charge in [0.25, 0.3) is 0 Å². The number of carbonyl (C=O) groups excluding carboxylic acids is 7. The predicted octanol–water partition coefficient (Wildman–Crippen LogP) is 1.67. The molecule has 50 heavy (non-hydrogen) atoms. The Morgan fingerprint density at radius 1 is 0.880 bits per heavy atom. The number of nitrogens with zero attached hydrogens (tertiary/aromatic N) is 2. The highest BCUT2D eigenvalue weighted by Gasteiger charge is 2.60. The Morgan fingerprint density at radius 2 is 1.50 bits per heavy atom. The molecule has 0 unspecified atom stereocenters. The van der Waals surface area contributed by atoms with Crippen molar-refractivity contribution in [2.45, 2.75) is 136 Å². The maximum Gasteiger partial charge on any atom is 0.245 e.